The minimum atomic E-state index is -0.851. The number of imidazole rings is 1. The molecule has 11 heteroatoms. The molecule has 55 heavy (non-hydrogen) atoms. The number of amidine groups is 1. The monoisotopic (exact) mass is 735 g/mol. The van der Waals surface area contributed by atoms with Gasteiger partial charge in [-0.3, -0.25) is 14.6 Å². The van der Waals surface area contributed by atoms with Crippen molar-refractivity contribution in [2.24, 2.45) is 4.99 Å². The molecule has 0 bridgehead atoms. The van der Waals surface area contributed by atoms with Crippen molar-refractivity contribution in [3.05, 3.63) is 138 Å². The number of amides is 3. The molecule has 0 saturated carbocycles. The van der Waals surface area contributed by atoms with E-state index in [1.165, 1.54) is 7.11 Å². The molecule has 3 amide bonds. The number of aromatic nitrogens is 2. The molecule has 0 spiro atoms. The van der Waals surface area contributed by atoms with Crippen LogP contribution in [0.4, 0.5) is 4.79 Å². The molecule has 2 fully saturated rings. The average Bonchev–Trinajstić information content (AvgIpc) is 4.08. The summed E-state index contributed by atoms with van der Waals surface area (Å²) in [4.78, 5) is 56.2. The predicted octanol–water partition coefficient (Wildman–Crippen LogP) is 6.78. The fraction of sp³-hybridized carbons (Fsp3) is 0.295. The Bertz CT molecular complexity index is 2150. The topological polar surface area (TPSA) is 132 Å². The number of aromatic amines is 1. The number of benzene rings is 4. The van der Waals surface area contributed by atoms with Crippen LogP contribution in [0.5, 0.6) is 0 Å². The second-order valence-electron chi connectivity index (χ2n) is 14.4. The molecule has 8 rings (SSSR count). The van der Waals surface area contributed by atoms with E-state index < -0.39 is 12.1 Å². The zero-order valence-electron chi connectivity index (χ0n) is 30.9. The van der Waals surface area contributed by atoms with Crippen LogP contribution in [-0.4, -0.2) is 76.3 Å². The normalized spacial score (nSPS) is 19.8. The fourth-order valence-electron chi connectivity index (χ4n) is 8.06. The standard InChI is InChI=1S/C44H45N7O4/c1-55-44(54)49-40(34-12-6-3-7-13-34)43(53)51-25-9-15-38(51)42-46-28-36(48-42)33-22-18-31(19-23-33)30-16-20-32(21-17-30)35-27-45-41(47-35)37-14-8-24-50(37)39(52)26-29-10-4-2-5-11-29/h2-7,10-13,16-23,27,36-38,40H,8-9,14-15,24-26,28H2,1H3,(H,45,47)(H,46,48)(H,49,54)/t36?,37-,38-,40+/m0/s1. The number of carbonyl (C=O) groups is 3. The number of nitrogens with one attached hydrogen (secondary N) is 3. The Kier molecular flexibility index (Phi) is 10.4. The van der Waals surface area contributed by atoms with E-state index in [1.807, 2.05) is 76.7 Å². The smallest absolute Gasteiger partial charge is 0.407 e. The molecule has 2 saturated heterocycles. The van der Waals surface area contributed by atoms with Crippen molar-refractivity contribution >= 4 is 23.7 Å². The maximum atomic E-state index is 13.9. The third-order valence-electron chi connectivity index (χ3n) is 11.0. The summed E-state index contributed by atoms with van der Waals surface area (Å²) in [6, 6.07) is 35.0. The summed E-state index contributed by atoms with van der Waals surface area (Å²) in [7, 11) is 1.29. The lowest BCUT2D eigenvalue weighted by Crippen LogP contribution is -2.49. The summed E-state index contributed by atoms with van der Waals surface area (Å²) in [6.07, 6.45) is 5.13. The highest BCUT2D eigenvalue weighted by Gasteiger charge is 2.39. The first-order valence-corrected chi connectivity index (χ1v) is 19.0. The van der Waals surface area contributed by atoms with Gasteiger partial charge in [-0.2, -0.15) is 0 Å². The van der Waals surface area contributed by atoms with Gasteiger partial charge in [0.15, 0.2) is 0 Å². The second kappa shape index (κ2) is 16.0. The summed E-state index contributed by atoms with van der Waals surface area (Å²) in [6.45, 7) is 1.92. The predicted molar refractivity (Wildman–Crippen MR) is 211 cm³/mol. The number of ether oxygens (including phenoxy) is 1. The molecule has 4 aromatic carbocycles. The van der Waals surface area contributed by atoms with Gasteiger partial charge < -0.3 is 30.2 Å². The van der Waals surface area contributed by atoms with Crippen LogP contribution in [0.15, 0.2) is 120 Å². The van der Waals surface area contributed by atoms with Crippen molar-refractivity contribution in [3.63, 3.8) is 0 Å². The van der Waals surface area contributed by atoms with Gasteiger partial charge in [0.05, 0.1) is 50.1 Å². The van der Waals surface area contributed by atoms with Crippen LogP contribution in [-0.2, 0) is 20.7 Å². The van der Waals surface area contributed by atoms with Crippen molar-refractivity contribution in [1.29, 1.82) is 0 Å². The van der Waals surface area contributed by atoms with Gasteiger partial charge in [0.2, 0.25) is 5.91 Å². The largest absolute Gasteiger partial charge is 0.453 e. The van der Waals surface area contributed by atoms with E-state index in [4.69, 9.17) is 14.7 Å². The third kappa shape index (κ3) is 7.73. The van der Waals surface area contributed by atoms with Crippen LogP contribution in [0.3, 0.4) is 0 Å². The van der Waals surface area contributed by atoms with Crippen molar-refractivity contribution in [2.45, 2.75) is 56.3 Å². The van der Waals surface area contributed by atoms with Gasteiger partial charge in [0.25, 0.3) is 5.91 Å². The van der Waals surface area contributed by atoms with Crippen LogP contribution < -0.4 is 10.6 Å². The zero-order chi connectivity index (χ0) is 37.7. The summed E-state index contributed by atoms with van der Waals surface area (Å²) < 4.78 is 4.83. The van der Waals surface area contributed by atoms with Crippen LogP contribution in [0.1, 0.15) is 66.3 Å². The fourth-order valence-corrected chi connectivity index (χ4v) is 8.06. The van der Waals surface area contributed by atoms with Crippen molar-refractivity contribution in [2.75, 3.05) is 26.7 Å². The van der Waals surface area contributed by atoms with Gasteiger partial charge in [-0.15, -0.1) is 0 Å². The average molecular weight is 736 g/mol. The molecule has 0 radical (unpaired) electrons. The van der Waals surface area contributed by atoms with E-state index in [0.717, 1.165) is 77.4 Å². The molecular formula is C44H45N7O4. The molecule has 4 heterocycles. The Labute approximate surface area is 320 Å². The first kappa shape index (κ1) is 35.8. The number of nitrogens with zero attached hydrogens (tertiary/aromatic N) is 4. The number of carbonyl (C=O) groups excluding carboxylic acids is 3. The number of alkyl carbamates (subject to hydrolysis) is 1. The lowest BCUT2D eigenvalue weighted by molar-refractivity contribution is -0.133. The number of likely N-dealkylation sites (tertiary alicyclic amines) is 2. The first-order chi connectivity index (χ1) is 26.9. The zero-order valence-corrected chi connectivity index (χ0v) is 30.9. The molecule has 280 valence electrons. The quantitative estimate of drug-likeness (QED) is 0.145. The number of hydrogen-bond acceptors (Lipinski definition) is 7. The van der Waals surface area contributed by atoms with Crippen LogP contribution in [0.25, 0.3) is 22.4 Å². The summed E-state index contributed by atoms with van der Waals surface area (Å²) in [5.74, 6) is 1.60. The highest BCUT2D eigenvalue weighted by molar-refractivity contribution is 5.95. The Morgan fingerprint density at radius 1 is 0.800 bits per heavy atom. The number of rotatable bonds is 10. The van der Waals surface area contributed by atoms with Gasteiger partial charge >= 0.3 is 6.09 Å². The summed E-state index contributed by atoms with van der Waals surface area (Å²) in [5, 5.41) is 6.33. The lowest BCUT2D eigenvalue weighted by Gasteiger charge is -2.30. The number of aliphatic imine (C=N–C) groups is 1. The van der Waals surface area contributed by atoms with E-state index in [1.54, 1.807) is 0 Å². The van der Waals surface area contributed by atoms with E-state index in [0.29, 0.717) is 25.1 Å². The van der Waals surface area contributed by atoms with E-state index in [-0.39, 0.29) is 29.9 Å². The molecule has 5 aromatic rings. The molecule has 11 nitrogen and oxygen atoms in total. The Balaban J connectivity index is 0.888. The maximum absolute atomic E-state index is 13.9. The molecule has 1 aromatic heterocycles. The van der Waals surface area contributed by atoms with Crippen molar-refractivity contribution in [1.82, 2.24) is 30.4 Å². The van der Waals surface area contributed by atoms with E-state index >= 15 is 0 Å². The highest BCUT2D eigenvalue weighted by Crippen LogP contribution is 2.33. The maximum Gasteiger partial charge on any atom is 0.407 e. The van der Waals surface area contributed by atoms with Crippen LogP contribution >= 0.6 is 0 Å². The molecule has 4 atom stereocenters. The molecular weight excluding hydrogens is 691 g/mol. The molecule has 3 aliphatic rings. The van der Waals surface area contributed by atoms with Crippen LogP contribution in [0.2, 0.25) is 0 Å². The van der Waals surface area contributed by atoms with Gasteiger partial charge in [-0.05, 0) is 59.1 Å². The molecule has 1 unspecified atom stereocenters. The van der Waals surface area contributed by atoms with Crippen molar-refractivity contribution < 1.29 is 19.1 Å². The summed E-state index contributed by atoms with van der Waals surface area (Å²) >= 11 is 0. The molecule has 3 aliphatic heterocycles. The lowest BCUT2D eigenvalue weighted by atomic mass is 9.99. The van der Waals surface area contributed by atoms with E-state index in [9.17, 15) is 14.4 Å². The Morgan fingerprint density at radius 2 is 1.44 bits per heavy atom. The third-order valence-corrected chi connectivity index (χ3v) is 11.0. The molecule has 0 aliphatic carbocycles. The van der Waals surface area contributed by atoms with Gasteiger partial charge in [-0.25, -0.2) is 9.78 Å². The Hall–Kier alpha value is -6.23. The number of H-pyrrole nitrogens is 1. The number of hydrogen-bond donors (Lipinski definition) is 3. The second-order valence-corrected chi connectivity index (χ2v) is 14.4. The van der Waals surface area contributed by atoms with Gasteiger partial charge in [-0.1, -0.05) is 109 Å². The van der Waals surface area contributed by atoms with Crippen LogP contribution in [0, 0.1) is 0 Å². The number of methoxy groups -OCH3 is 1. The summed E-state index contributed by atoms with van der Waals surface area (Å²) in [5.41, 5.74) is 7.03. The minimum absolute atomic E-state index is 0.00101. The van der Waals surface area contributed by atoms with E-state index in [2.05, 4.69) is 64.1 Å². The van der Waals surface area contributed by atoms with Gasteiger partial charge in [0, 0.05) is 13.1 Å². The first-order valence-electron chi connectivity index (χ1n) is 19.0. The highest BCUT2D eigenvalue weighted by atomic mass is 16.5. The van der Waals surface area contributed by atoms with Crippen molar-refractivity contribution in [3.8, 4) is 22.4 Å². The van der Waals surface area contributed by atoms with Gasteiger partial charge in [0.1, 0.15) is 17.7 Å². The molecule has 3 N–H and O–H groups in total. The Morgan fingerprint density at radius 3 is 2.15 bits per heavy atom. The minimum Gasteiger partial charge on any atom is -0.453 e. The SMILES string of the molecule is COC(=O)N[C@@H](C(=O)N1CCC[C@H]1C1=NCC(c2ccc(-c3ccc(-c4cnc([C@@H]5CCCN5C(=O)Cc5ccccc5)[nH]4)cc3)cc2)N1)c1ccccc1.